The van der Waals surface area contributed by atoms with Crippen molar-refractivity contribution in [1.82, 2.24) is 4.90 Å². The van der Waals surface area contributed by atoms with Crippen LogP contribution in [0.3, 0.4) is 0 Å². The first kappa shape index (κ1) is 13.9. The van der Waals surface area contributed by atoms with Crippen LogP contribution in [-0.2, 0) is 4.79 Å². The Morgan fingerprint density at radius 1 is 1.24 bits per heavy atom. The minimum Gasteiger partial charge on any atom is -0.369 e. The standard InChI is InChI=1S/C16H18FN3O/c17-14-3-1-4-15(13(14)11-18)19-7-2-8-20(10-9-19)16(21)12-5-6-12/h1,3-4,12H,2,5-10H2. The molecule has 1 saturated carbocycles. The molecule has 1 aliphatic carbocycles. The Morgan fingerprint density at radius 3 is 2.76 bits per heavy atom. The van der Waals surface area contributed by atoms with Gasteiger partial charge in [0.2, 0.25) is 5.91 Å². The monoisotopic (exact) mass is 287 g/mol. The molecule has 2 aliphatic rings. The van der Waals surface area contributed by atoms with Crippen LogP contribution in [-0.4, -0.2) is 37.0 Å². The zero-order chi connectivity index (χ0) is 14.8. The minimum atomic E-state index is -0.481. The van der Waals surface area contributed by atoms with Gasteiger partial charge in [0.15, 0.2) is 0 Å². The molecule has 2 fully saturated rings. The maximum atomic E-state index is 13.7. The maximum Gasteiger partial charge on any atom is 0.225 e. The number of rotatable bonds is 2. The summed E-state index contributed by atoms with van der Waals surface area (Å²) < 4.78 is 13.7. The van der Waals surface area contributed by atoms with Gasteiger partial charge in [-0.1, -0.05) is 6.07 Å². The molecule has 1 aromatic rings. The van der Waals surface area contributed by atoms with Gasteiger partial charge in [0.05, 0.1) is 5.69 Å². The SMILES string of the molecule is N#Cc1c(F)cccc1N1CCCN(C(=O)C2CC2)CC1. The summed E-state index contributed by atoms with van der Waals surface area (Å²) in [4.78, 5) is 16.1. The Morgan fingerprint density at radius 2 is 2.05 bits per heavy atom. The van der Waals surface area contributed by atoms with E-state index in [0.717, 1.165) is 32.4 Å². The lowest BCUT2D eigenvalue weighted by molar-refractivity contribution is -0.132. The number of nitriles is 1. The van der Waals surface area contributed by atoms with Gasteiger partial charge in [0, 0.05) is 32.1 Å². The second-order valence-corrected chi connectivity index (χ2v) is 5.69. The van der Waals surface area contributed by atoms with Crippen LogP contribution in [0, 0.1) is 23.1 Å². The quantitative estimate of drug-likeness (QED) is 0.837. The van der Waals surface area contributed by atoms with Crippen LogP contribution in [0.4, 0.5) is 10.1 Å². The second-order valence-electron chi connectivity index (χ2n) is 5.69. The number of amides is 1. The summed E-state index contributed by atoms with van der Waals surface area (Å²) >= 11 is 0. The number of hydrogen-bond donors (Lipinski definition) is 0. The molecule has 0 bridgehead atoms. The molecule has 1 aliphatic heterocycles. The van der Waals surface area contributed by atoms with Crippen LogP contribution >= 0.6 is 0 Å². The summed E-state index contributed by atoms with van der Waals surface area (Å²) in [5.41, 5.74) is 0.734. The third-order valence-corrected chi connectivity index (χ3v) is 4.18. The number of benzene rings is 1. The van der Waals surface area contributed by atoms with E-state index < -0.39 is 5.82 Å². The van der Waals surface area contributed by atoms with Crippen molar-refractivity contribution in [2.75, 3.05) is 31.1 Å². The van der Waals surface area contributed by atoms with Gasteiger partial charge in [-0.25, -0.2) is 4.39 Å². The van der Waals surface area contributed by atoms with E-state index in [0.29, 0.717) is 18.8 Å². The number of carbonyl (C=O) groups is 1. The van der Waals surface area contributed by atoms with Crippen LogP contribution in [0.25, 0.3) is 0 Å². The predicted molar refractivity (Wildman–Crippen MR) is 77.2 cm³/mol. The first-order chi connectivity index (χ1) is 10.2. The molecule has 0 N–H and O–H groups in total. The molecule has 4 nitrogen and oxygen atoms in total. The minimum absolute atomic E-state index is 0.0967. The van der Waals surface area contributed by atoms with E-state index in [2.05, 4.69) is 0 Å². The van der Waals surface area contributed by atoms with E-state index >= 15 is 0 Å². The molecule has 5 heteroatoms. The molecule has 1 amide bonds. The third-order valence-electron chi connectivity index (χ3n) is 4.18. The molecule has 0 unspecified atom stereocenters. The van der Waals surface area contributed by atoms with E-state index in [1.807, 2.05) is 15.9 Å². The first-order valence-electron chi connectivity index (χ1n) is 7.43. The molecule has 0 radical (unpaired) electrons. The lowest BCUT2D eigenvalue weighted by Crippen LogP contribution is -2.36. The molecule has 0 aromatic heterocycles. The first-order valence-corrected chi connectivity index (χ1v) is 7.43. The van der Waals surface area contributed by atoms with Crippen molar-refractivity contribution in [2.24, 2.45) is 5.92 Å². The van der Waals surface area contributed by atoms with Crippen molar-refractivity contribution in [3.05, 3.63) is 29.6 Å². The molecule has 0 atom stereocenters. The normalized spacial score (nSPS) is 19.0. The molecular weight excluding hydrogens is 269 g/mol. The number of nitrogens with zero attached hydrogens (tertiary/aromatic N) is 3. The largest absolute Gasteiger partial charge is 0.369 e. The van der Waals surface area contributed by atoms with Gasteiger partial charge in [-0.15, -0.1) is 0 Å². The average molecular weight is 287 g/mol. The highest BCUT2D eigenvalue weighted by Crippen LogP contribution is 2.31. The summed E-state index contributed by atoms with van der Waals surface area (Å²) in [6.07, 6.45) is 2.88. The Labute approximate surface area is 123 Å². The highest BCUT2D eigenvalue weighted by molar-refractivity contribution is 5.81. The zero-order valence-corrected chi connectivity index (χ0v) is 11.9. The van der Waals surface area contributed by atoms with E-state index in [9.17, 15) is 9.18 Å². The molecule has 21 heavy (non-hydrogen) atoms. The molecule has 110 valence electrons. The van der Waals surface area contributed by atoms with Crippen molar-refractivity contribution < 1.29 is 9.18 Å². The van der Waals surface area contributed by atoms with Crippen molar-refractivity contribution >= 4 is 11.6 Å². The van der Waals surface area contributed by atoms with Crippen molar-refractivity contribution in [3.8, 4) is 6.07 Å². The number of carbonyl (C=O) groups excluding carboxylic acids is 1. The van der Waals surface area contributed by atoms with Gasteiger partial charge in [-0.3, -0.25) is 4.79 Å². The van der Waals surface area contributed by atoms with Gasteiger partial charge in [0.1, 0.15) is 17.4 Å². The second kappa shape index (κ2) is 5.72. The summed E-state index contributed by atoms with van der Waals surface area (Å²) in [7, 11) is 0. The Bertz CT molecular complexity index is 592. The van der Waals surface area contributed by atoms with Crippen LogP contribution in [0.15, 0.2) is 18.2 Å². The molecule has 1 saturated heterocycles. The van der Waals surface area contributed by atoms with E-state index in [1.54, 1.807) is 12.1 Å². The fourth-order valence-corrected chi connectivity index (χ4v) is 2.85. The van der Waals surface area contributed by atoms with Crippen LogP contribution in [0.5, 0.6) is 0 Å². The lowest BCUT2D eigenvalue weighted by atomic mass is 10.1. The van der Waals surface area contributed by atoms with Crippen LogP contribution in [0.1, 0.15) is 24.8 Å². The van der Waals surface area contributed by atoms with Crippen LogP contribution in [0.2, 0.25) is 0 Å². The molecule has 1 heterocycles. The van der Waals surface area contributed by atoms with Gasteiger partial charge < -0.3 is 9.80 Å². The van der Waals surface area contributed by atoms with Gasteiger partial charge in [-0.05, 0) is 31.4 Å². The van der Waals surface area contributed by atoms with Crippen molar-refractivity contribution in [1.29, 1.82) is 5.26 Å². The zero-order valence-electron chi connectivity index (χ0n) is 11.9. The highest BCUT2D eigenvalue weighted by atomic mass is 19.1. The van der Waals surface area contributed by atoms with Gasteiger partial charge in [0.25, 0.3) is 0 Å². The molecule has 3 rings (SSSR count). The predicted octanol–water partition coefficient (Wildman–Crippen LogP) is 2.15. The maximum absolute atomic E-state index is 13.7. The fourth-order valence-electron chi connectivity index (χ4n) is 2.85. The van der Waals surface area contributed by atoms with Crippen molar-refractivity contribution in [3.63, 3.8) is 0 Å². The Balaban J connectivity index is 1.74. The summed E-state index contributed by atoms with van der Waals surface area (Å²) in [5.74, 6) is 0.0159. The Kier molecular flexibility index (Phi) is 3.78. The number of halogens is 1. The third kappa shape index (κ3) is 2.85. The van der Waals surface area contributed by atoms with Gasteiger partial charge in [-0.2, -0.15) is 5.26 Å². The smallest absolute Gasteiger partial charge is 0.225 e. The number of hydrogen-bond acceptors (Lipinski definition) is 3. The summed E-state index contributed by atoms with van der Waals surface area (Å²) in [5, 5.41) is 9.14. The summed E-state index contributed by atoms with van der Waals surface area (Å²) in [6.45, 7) is 2.79. The topological polar surface area (TPSA) is 47.3 Å². The fraction of sp³-hybridized carbons (Fsp3) is 0.500. The van der Waals surface area contributed by atoms with E-state index in [1.165, 1.54) is 6.07 Å². The van der Waals surface area contributed by atoms with Crippen molar-refractivity contribution in [2.45, 2.75) is 19.3 Å². The van der Waals surface area contributed by atoms with Gasteiger partial charge >= 0.3 is 0 Å². The lowest BCUT2D eigenvalue weighted by Gasteiger charge is -2.24. The Hall–Kier alpha value is -2.09. The van der Waals surface area contributed by atoms with E-state index in [-0.39, 0.29) is 17.4 Å². The highest BCUT2D eigenvalue weighted by Gasteiger charge is 2.34. The average Bonchev–Trinajstić information content (AvgIpc) is 3.32. The molecular formula is C16H18FN3O. The number of anilines is 1. The van der Waals surface area contributed by atoms with E-state index in [4.69, 9.17) is 5.26 Å². The molecule has 0 spiro atoms. The molecule has 1 aromatic carbocycles. The summed E-state index contributed by atoms with van der Waals surface area (Å²) in [6, 6.07) is 6.66. The van der Waals surface area contributed by atoms with Crippen LogP contribution < -0.4 is 4.90 Å².